The van der Waals surface area contributed by atoms with Crippen LogP contribution in [0.5, 0.6) is 11.5 Å². The summed E-state index contributed by atoms with van der Waals surface area (Å²) in [5, 5.41) is 19.6. The summed E-state index contributed by atoms with van der Waals surface area (Å²) < 4.78 is 5.54. The molecule has 0 aliphatic rings. The van der Waals surface area contributed by atoms with Crippen molar-refractivity contribution in [1.29, 1.82) is 0 Å². The van der Waals surface area contributed by atoms with Gasteiger partial charge in [-0.05, 0) is 12.8 Å². The number of rotatable bonds is 3. The molecule has 0 heterocycles. The maximum Gasteiger partial charge on any atom is 0.300 e. The van der Waals surface area contributed by atoms with Gasteiger partial charge in [-0.25, -0.2) is 0 Å². The molecule has 0 aromatic heterocycles. The second kappa shape index (κ2) is 7.53. The molecular weight excluding hydrogens is 268 g/mol. The summed E-state index contributed by atoms with van der Waals surface area (Å²) in [6.07, 6.45) is 1.68. The SMILES string of the molecule is CC(=O)O.CCc1c(CC)c(OC)c2ccccc2c1O. The third-order valence-electron chi connectivity index (χ3n) is 3.26. The van der Waals surface area contributed by atoms with Gasteiger partial charge in [0.2, 0.25) is 0 Å². The van der Waals surface area contributed by atoms with E-state index >= 15 is 0 Å². The first-order valence-corrected chi connectivity index (χ1v) is 6.96. The van der Waals surface area contributed by atoms with Crippen LogP contribution in [0.25, 0.3) is 10.8 Å². The van der Waals surface area contributed by atoms with Crippen LogP contribution in [0.4, 0.5) is 0 Å². The Kier molecular flexibility index (Phi) is 6.03. The van der Waals surface area contributed by atoms with Crippen LogP contribution in [0.3, 0.4) is 0 Å². The predicted molar refractivity (Wildman–Crippen MR) is 84.2 cm³/mol. The average molecular weight is 290 g/mol. The van der Waals surface area contributed by atoms with Crippen LogP contribution in [-0.2, 0) is 17.6 Å². The van der Waals surface area contributed by atoms with Crippen LogP contribution < -0.4 is 4.74 Å². The van der Waals surface area contributed by atoms with Gasteiger partial charge in [-0.3, -0.25) is 4.79 Å². The number of fused-ring (bicyclic) bond motifs is 1. The molecule has 0 radical (unpaired) electrons. The fourth-order valence-electron chi connectivity index (χ4n) is 2.48. The number of carboxylic acids is 1. The van der Waals surface area contributed by atoms with E-state index < -0.39 is 5.97 Å². The van der Waals surface area contributed by atoms with Gasteiger partial charge in [0.25, 0.3) is 5.97 Å². The summed E-state index contributed by atoms with van der Waals surface area (Å²) in [6, 6.07) is 7.83. The molecule has 0 saturated heterocycles. The van der Waals surface area contributed by atoms with Gasteiger partial charge in [-0.1, -0.05) is 38.1 Å². The largest absolute Gasteiger partial charge is 0.507 e. The maximum absolute atomic E-state index is 10.3. The average Bonchev–Trinajstić information content (AvgIpc) is 2.46. The number of benzene rings is 2. The number of phenolic OH excluding ortho intramolecular Hbond substituents is 1. The first-order chi connectivity index (χ1) is 9.97. The molecule has 0 saturated carbocycles. The molecule has 2 rings (SSSR count). The highest BCUT2D eigenvalue weighted by molar-refractivity contribution is 5.95. The monoisotopic (exact) mass is 290 g/mol. The number of aliphatic carboxylic acids is 1. The van der Waals surface area contributed by atoms with Crippen molar-refractivity contribution in [1.82, 2.24) is 0 Å². The minimum absolute atomic E-state index is 0.403. The normalized spacial score (nSPS) is 9.90. The van der Waals surface area contributed by atoms with E-state index in [4.69, 9.17) is 14.6 Å². The maximum atomic E-state index is 10.3. The Morgan fingerprint density at radius 3 is 2.00 bits per heavy atom. The van der Waals surface area contributed by atoms with Crippen molar-refractivity contribution in [3.05, 3.63) is 35.4 Å². The summed E-state index contributed by atoms with van der Waals surface area (Å²) in [6.45, 7) is 5.23. The lowest BCUT2D eigenvalue weighted by molar-refractivity contribution is -0.134. The molecule has 2 aromatic rings. The number of methoxy groups -OCH3 is 1. The molecule has 0 atom stereocenters. The fourth-order valence-corrected chi connectivity index (χ4v) is 2.48. The summed E-state index contributed by atoms with van der Waals surface area (Å²) in [4.78, 5) is 9.00. The van der Waals surface area contributed by atoms with Gasteiger partial charge in [0.05, 0.1) is 7.11 Å². The molecular formula is C17H22O4. The Labute approximate surface area is 125 Å². The van der Waals surface area contributed by atoms with Crippen LogP contribution in [-0.4, -0.2) is 23.3 Å². The highest BCUT2D eigenvalue weighted by Crippen LogP contribution is 2.40. The highest BCUT2D eigenvalue weighted by atomic mass is 16.5. The van der Waals surface area contributed by atoms with Crippen molar-refractivity contribution in [2.24, 2.45) is 0 Å². The summed E-state index contributed by atoms with van der Waals surface area (Å²) in [5.74, 6) is 0.471. The molecule has 21 heavy (non-hydrogen) atoms. The molecule has 0 spiro atoms. The van der Waals surface area contributed by atoms with Crippen molar-refractivity contribution < 1.29 is 19.7 Å². The topological polar surface area (TPSA) is 66.8 Å². The Hall–Kier alpha value is -2.23. The third-order valence-corrected chi connectivity index (χ3v) is 3.26. The minimum Gasteiger partial charge on any atom is -0.507 e. The summed E-state index contributed by atoms with van der Waals surface area (Å²) >= 11 is 0. The molecule has 114 valence electrons. The molecule has 4 nitrogen and oxygen atoms in total. The van der Waals surface area contributed by atoms with Crippen LogP contribution in [0.2, 0.25) is 0 Å². The van der Waals surface area contributed by atoms with Crippen molar-refractivity contribution in [2.75, 3.05) is 7.11 Å². The number of hydrogen-bond acceptors (Lipinski definition) is 3. The van der Waals surface area contributed by atoms with Crippen molar-refractivity contribution >= 4 is 16.7 Å². The molecule has 0 aliphatic carbocycles. The van der Waals surface area contributed by atoms with E-state index in [9.17, 15) is 5.11 Å². The van der Waals surface area contributed by atoms with Crippen LogP contribution >= 0.6 is 0 Å². The van der Waals surface area contributed by atoms with Crippen molar-refractivity contribution in [3.8, 4) is 11.5 Å². The summed E-state index contributed by atoms with van der Waals surface area (Å²) in [5.41, 5.74) is 2.12. The van der Waals surface area contributed by atoms with Crippen molar-refractivity contribution in [2.45, 2.75) is 33.6 Å². The van der Waals surface area contributed by atoms with Crippen LogP contribution in [0.1, 0.15) is 31.9 Å². The zero-order valence-electron chi connectivity index (χ0n) is 12.9. The first-order valence-electron chi connectivity index (χ1n) is 6.96. The van der Waals surface area contributed by atoms with E-state index in [0.29, 0.717) is 5.75 Å². The molecule has 0 aliphatic heterocycles. The molecule has 0 bridgehead atoms. The first kappa shape index (κ1) is 16.8. The minimum atomic E-state index is -0.833. The Bertz CT molecular complexity index is 628. The molecule has 0 amide bonds. The highest BCUT2D eigenvalue weighted by Gasteiger charge is 2.16. The number of aromatic hydroxyl groups is 1. The van der Waals surface area contributed by atoms with E-state index in [1.807, 2.05) is 24.3 Å². The lowest BCUT2D eigenvalue weighted by Crippen LogP contribution is -1.98. The standard InChI is InChI=1S/C15H18O2.C2H4O2/c1-4-10-11(5-2)15(17-3)13-9-7-6-8-12(13)14(10)16;1-2(3)4/h6-9,16H,4-5H2,1-3H3;1H3,(H,3,4). The number of hydrogen-bond donors (Lipinski definition) is 2. The Morgan fingerprint density at radius 2 is 1.57 bits per heavy atom. The van der Waals surface area contributed by atoms with Gasteiger partial charge in [-0.2, -0.15) is 0 Å². The van der Waals surface area contributed by atoms with Gasteiger partial charge >= 0.3 is 0 Å². The molecule has 2 N–H and O–H groups in total. The molecule has 2 aromatic carbocycles. The fraction of sp³-hybridized carbons (Fsp3) is 0.353. The molecule has 0 fully saturated rings. The number of carbonyl (C=O) groups is 1. The predicted octanol–water partition coefficient (Wildman–Crippen LogP) is 3.77. The van der Waals surface area contributed by atoms with Gasteiger partial charge in [0, 0.05) is 28.8 Å². The smallest absolute Gasteiger partial charge is 0.300 e. The van der Waals surface area contributed by atoms with Crippen molar-refractivity contribution in [3.63, 3.8) is 0 Å². The number of ether oxygens (including phenoxy) is 1. The second-order valence-corrected chi connectivity index (χ2v) is 4.61. The molecule has 4 heteroatoms. The van der Waals surface area contributed by atoms with E-state index in [0.717, 1.165) is 47.4 Å². The Morgan fingerprint density at radius 1 is 1.10 bits per heavy atom. The number of phenols is 1. The van der Waals surface area contributed by atoms with E-state index in [1.165, 1.54) is 0 Å². The quantitative estimate of drug-likeness (QED) is 0.903. The second-order valence-electron chi connectivity index (χ2n) is 4.61. The van der Waals surface area contributed by atoms with Crippen LogP contribution in [0.15, 0.2) is 24.3 Å². The molecule has 0 unspecified atom stereocenters. The lowest BCUT2D eigenvalue weighted by Gasteiger charge is -2.17. The summed E-state index contributed by atoms with van der Waals surface area (Å²) in [7, 11) is 1.69. The van der Waals surface area contributed by atoms with Crippen LogP contribution in [0, 0.1) is 0 Å². The lowest BCUT2D eigenvalue weighted by atomic mass is 9.95. The van der Waals surface area contributed by atoms with E-state index in [1.54, 1.807) is 7.11 Å². The Balaban J connectivity index is 0.000000491. The zero-order valence-corrected chi connectivity index (χ0v) is 12.9. The van der Waals surface area contributed by atoms with E-state index in [2.05, 4.69) is 13.8 Å². The van der Waals surface area contributed by atoms with Gasteiger partial charge < -0.3 is 14.9 Å². The van der Waals surface area contributed by atoms with Gasteiger partial charge in [-0.15, -0.1) is 0 Å². The van der Waals surface area contributed by atoms with E-state index in [-0.39, 0.29) is 0 Å². The van der Waals surface area contributed by atoms with Gasteiger partial charge in [0.15, 0.2) is 0 Å². The third kappa shape index (κ3) is 3.66. The number of carboxylic acid groups (broad SMARTS) is 1. The van der Waals surface area contributed by atoms with Gasteiger partial charge in [0.1, 0.15) is 11.5 Å². The zero-order chi connectivity index (χ0) is 16.0.